The summed E-state index contributed by atoms with van der Waals surface area (Å²) in [6.45, 7) is 8.62. The molecule has 0 atom stereocenters. The molecular weight excluding hydrogens is 334 g/mol. The second-order valence-electron chi connectivity index (χ2n) is 8.78. The van der Waals surface area contributed by atoms with Gasteiger partial charge < -0.3 is 9.64 Å². The number of nitrogens with zero attached hydrogens (tertiary/aromatic N) is 2. The molecule has 1 saturated carbocycles. The highest BCUT2D eigenvalue weighted by atomic mass is 19.3. The number of benzene rings is 1. The van der Waals surface area contributed by atoms with Gasteiger partial charge in [0.25, 0.3) is 5.92 Å². The molecule has 0 radical (unpaired) electrons. The van der Waals surface area contributed by atoms with Crippen LogP contribution >= 0.6 is 0 Å². The molecule has 1 aromatic rings. The van der Waals surface area contributed by atoms with E-state index in [4.69, 9.17) is 4.74 Å². The highest BCUT2D eigenvalue weighted by Crippen LogP contribution is 2.34. The summed E-state index contributed by atoms with van der Waals surface area (Å²) in [5.41, 5.74) is 2.15. The molecular formula is C21H32F2N2O. The van der Waals surface area contributed by atoms with Crippen LogP contribution in [0.3, 0.4) is 0 Å². The number of halogens is 2. The van der Waals surface area contributed by atoms with Crippen molar-refractivity contribution in [1.29, 1.82) is 0 Å². The molecule has 3 nitrogen and oxygen atoms in total. The van der Waals surface area contributed by atoms with Crippen molar-refractivity contribution in [2.45, 2.75) is 72.3 Å². The normalized spacial score (nSPS) is 16.0. The Bertz CT molecular complexity index is 646. The molecule has 0 amide bonds. The third kappa shape index (κ3) is 5.96. The lowest BCUT2D eigenvalue weighted by Gasteiger charge is -2.33. The van der Waals surface area contributed by atoms with E-state index in [1.54, 1.807) is 6.07 Å². The molecule has 1 fully saturated rings. The van der Waals surface area contributed by atoms with E-state index < -0.39 is 17.9 Å². The number of hydrogen-bond donors (Lipinski definition) is 0. The zero-order valence-electron chi connectivity index (χ0n) is 16.9. The lowest BCUT2D eigenvalue weighted by Crippen LogP contribution is -2.35. The summed E-state index contributed by atoms with van der Waals surface area (Å²) in [5, 5.41) is 0. The van der Waals surface area contributed by atoms with Crippen LogP contribution in [0.4, 0.5) is 14.5 Å². The van der Waals surface area contributed by atoms with Gasteiger partial charge in [-0.15, -0.1) is 0 Å². The van der Waals surface area contributed by atoms with E-state index >= 15 is 0 Å². The lowest BCUT2D eigenvalue weighted by molar-refractivity contribution is -0.0696. The highest BCUT2D eigenvalue weighted by Gasteiger charge is 2.35. The zero-order chi connectivity index (χ0) is 19.5. The first kappa shape index (κ1) is 20.7. The maximum absolute atomic E-state index is 14.1. The average Bonchev–Trinajstić information content (AvgIpc) is 2.42. The van der Waals surface area contributed by atoms with Crippen molar-refractivity contribution < 1.29 is 13.5 Å². The Morgan fingerprint density at radius 1 is 1.19 bits per heavy atom. The minimum absolute atomic E-state index is 0.200. The summed E-state index contributed by atoms with van der Waals surface area (Å²) >= 11 is 0. The largest absolute Gasteiger partial charge is 0.487 e. The molecule has 0 aromatic heterocycles. The number of aryl methyl sites for hydroxylation is 2. The van der Waals surface area contributed by atoms with Gasteiger partial charge in [0, 0.05) is 19.5 Å². The molecule has 5 heteroatoms. The fraction of sp³-hybridized carbons (Fsp3) is 0.667. The smallest absolute Gasteiger partial charge is 0.281 e. The Balaban J connectivity index is 2.03. The molecule has 1 aliphatic carbocycles. The third-order valence-electron chi connectivity index (χ3n) is 4.75. The summed E-state index contributed by atoms with van der Waals surface area (Å²) in [7, 11) is 2.05. The third-order valence-corrected chi connectivity index (χ3v) is 4.75. The molecule has 0 saturated heterocycles. The molecule has 0 unspecified atom stereocenters. The van der Waals surface area contributed by atoms with Gasteiger partial charge >= 0.3 is 0 Å². The molecule has 0 N–H and O–H groups in total. The van der Waals surface area contributed by atoms with E-state index in [1.165, 1.54) is 19.3 Å². The van der Waals surface area contributed by atoms with Crippen LogP contribution in [-0.2, 0) is 0 Å². The summed E-state index contributed by atoms with van der Waals surface area (Å²) in [5.74, 6) is -2.34. The van der Waals surface area contributed by atoms with Crippen LogP contribution < -0.4 is 4.74 Å². The first-order valence-electron chi connectivity index (χ1n) is 9.35. The van der Waals surface area contributed by atoms with Crippen LogP contribution in [-0.4, -0.2) is 36.9 Å². The van der Waals surface area contributed by atoms with Gasteiger partial charge in [-0.2, -0.15) is 0 Å². The molecule has 26 heavy (non-hydrogen) atoms. The maximum atomic E-state index is 14.1. The first-order chi connectivity index (χ1) is 12.0. The summed E-state index contributed by atoms with van der Waals surface area (Å²) in [6, 6.07) is 4.30. The van der Waals surface area contributed by atoms with E-state index in [0.29, 0.717) is 11.8 Å². The summed E-state index contributed by atoms with van der Waals surface area (Å²) in [6.07, 6.45) is 5.39. The molecule has 0 aliphatic heterocycles. The monoisotopic (exact) mass is 366 g/mol. The number of rotatable bonds is 7. The Morgan fingerprint density at radius 2 is 1.85 bits per heavy atom. The lowest BCUT2D eigenvalue weighted by atomic mass is 9.89. The predicted octanol–water partition coefficient (Wildman–Crippen LogP) is 5.90. The topological polar surface area (TPSA) is 24.8 Å². The number of ether oxygens (including phenoxy) is 1. The van der Waals surface area contributed by atoms with Crippen molar-refractivity contribution >= 4 is 12.0 Å². The van der Waals surface area contributed by atoms with Crippen LogP contribution in [0.2, 0.25) is 0 Å². The Morgan fingerprint density at radius 3 is 2.38 bits per heavy atom. The highest BCUT2D eigenvalue weighted by molar-refractivity contribution is 5.65. The zero-order valence-corrected chi connectivity index (χ0v) is 16.9. The number of alkyl halides is 2. The van der Waals surface area contributed by atoms with Crippen LogP contribution in [0.5, 0.6) is 5.75 Å². The minimum Gasteiger partial charge on any atom is -0.487 e. The van der Waals surface area contributed by atoms with Crippen LogP contribution in [0.1, 0.15) is 57.6 Å². The van der Waals surface area contributed by atoms with Crippen molar-refractivity contribution in [3.63, 3.8) is 0 Å². The molecule has 2 rings (SSSR count). The molecule has 146 valence electrons. The SMILES string of the molecule is Cc1cc(OCC(F)(F)CC(C)(C)C)c(C)cc1/N=C/N(C)C1CCC1. The molecule has 0 heterocycles. The van der Waals surface area contributed by atoms with E-state index in [2.05, 4.69) is 9.89 Å². The van der Waals surface area contributed by atoms with E-state index in [-0.39, 0.29) is 6.42 Å². The quantitative estimate of drug-likeness (QED) is 0.443. The number of aliphatic imine (C=N–C) groups is 1. The fourth-order valence-electron chi connectivity index (χ4n) is 3.12. The average molecular weight is 366 g/mol. The Hall–Kier alpha value is -1.65. The van der Waals surface area contributed by atoms with Crippen molar-refractivity contribution in [2.75, 3.05) is 13.7 Å². The van der Waals surface area contributed by atoms with E-state index in [0.717, 1.165) is 16.8 Å². The van der Waals surface area contributed by atoms with E-state index in [1.807, 2.05) is 54.1 Å². The molecule has 0 spiro atoms. The predicted molar refractivity (Wildman–Crippen MR) is 104 cm³/mol. The van der Waals surface area contributed by atoms with Crippen molar-refractivity contribution in [3.05, 3.63) is 23.3 Å². The Kier molecular flexibility index (Phi) is 6.30. The molecule has 1 aliphatic rings. The van der Waals surface area contributed by atoms with Gasteiger partial charge in [-0.1, -0.05) is 20.8 Å². The van der Waals surface area contributed by atoms with Gasteiger partial charge in [0.05, 0.1) is 12.0 Å². The molecule has 1 aromatic carbocycles. The Labute approximate surface area is 156 Å². The van der Waals surface area contributed by atoms with Crippen LogP contribution in [0.25, 0.3) is 0 Å². The summed E-state index contributed by atoms with van der Waals surface area (Å²) in [4.78, 5) is 6.71. The second-order valence-corrected chi connectivity index (χ2v) is 8.78. The number of hydrogen-bond acceptors (Lipinski definition) is 2. The van der Waals surface area contributed by atoms with Gasteiger partial charge in [-0.3, -0.25) is 0 Å². The molecule has 0 bridgehead atoms. The van der Waals surface area contributed by atoms with Crippen molar-refractivity contribution in [2.24, 2.45) is 10.4 Å². The van der Waals surface area contributed by atoms with E-state index in [9.17, 15) is 8.78 Å². The second kappa shape index (κ2) is 7.93. The van der Waals surface area contributed by atoms with Gasteiger partial charge in [-0.25, -0.2) is 13.8 Å². The van der Waals surface area contributed by atoms with Crippen molar-refractivity contribution in [3.8, 4) is 5.75 Å². The van der Waals surface area contributed by atoms with Gasteiger partial charge in [0.2, 0.25) is 0 Å². The first-order valence-corrected chi connectivity index (χ1v) is 9.35. The van der Waals surface area contributed by atoms with Gasteiger partial charge in [0.1, 0.15) is 5.75 Å². The summed E-state index contributed by atoms with van der Waals surface area (Å²) < 4.78 is 33.6. The minimum atomic E-state index is -2.85. The van der Waals surface area contributed by atoms with Crippen LogP contribution in [0.15, 0.2) is 17.1 Å². The van der Waals surface area contributed by atoms with Gasteiger partial charge in [-0.05, 0) is 61.8 Å². The fourth-order valence-corrected chi connectivity index (χ4v) is 3.12. The van der Waals surface area contributed by atoms with Gasteiger partial charge in [0.15, 0.2) is 6.61 Å². The van der Waals surface area contributed by atoms with Crippen molar-refractivity contribution in [1.82, 2.24) is 4.90 Å². The van der Waals surface area contributed by atoms with Crippen LogP contribution in [0, 0.1) is 19.3 Å². The maximum Gasteiger partial charge on any atom is 0.281 e. The standard InChI is InChI=1S/C21H32F2N2O/c1-15-11-19(26-13-21(22,23)12-20(3,4)5)16(2)10-18(15)24-14-25(6)17-8-7-9-17/h10-11,14,17H,7-9,12-13H2,1-6H3/b24-14+.